The minimum absolute atomic E-state index is 0.236. The molecule has 1 aliphatic heterocycles. The highest BCUT2D eigenvalue weighted by molar-refractivity contribution is 9.10. The van der Waals surface area contributed by atoms with E-state index in [0.717, 1.165) is 5.56 Å². The van der Waals surface area contributed by atoms with Crippen molar-refractivity contribution in [3.05, 3.63) is 99.4 Å². The summed E-state index contributed by atoms with van der Waals surface area (Å²) in [6.07, 6.45) is 1.79. The van der Waals surface area contributed by atoms with Gasteiger partial charge in [-0.25, -0.2) is 9.38 Å². The Hall–Kier alpha value is -2.90. The number of carbonyl (C=O) groups excluding carboxylic acids is 1. The molecule has 3 aromatic carbocycles. The van der Waals surface area contributed by atoms with Crippen LogP contribution in [0.3, 0.4) is 0 Å². The maximum atomic E-state index is 14.4. The number of carbonyl (C=O) groups is 1. The van der Waals surface area contributed by atoms with Crippen molar-refractivity contribution in [1.29, 1.82) is 0 Å². The number of anilines is 1. The number of ether oxygens (including phenoxy) is 1. The molecule has 174 valence electrons. The number of hydrogen-bond donors (Lipinski definition) is 0. The zero-order valence-electron chi connectivity index (χ0n) is 19.1. The van der Waals surface area contributed by atoms with Crippen LogP contribution in [0.5, 0.6) is 5.75 Å². The van der Waals surface area contributed by atoms with E-state index in [1.54, 1.807) is 36.3 Å². The van der Waals surface area contributed by atoms with Gasteiger partial charge in [-0.3, -0.25) is 9.69 Å². The smallest absolute Gasteiger partial charge is 0.283 e. The Morgan fingerprint density at radius 1 is 1.12 bits per heavy atom. The lowest BCUT2D eigenvalue weighted by atomic mass is 10.0. The Bertz CT molecular complexity index is 1270. The van der Waals surface area contributed by atoms with Crippen molar-refractivity contribution in [2.45, 2.75) is 25.5 Å². The van der Waals surface area contributed by atoms with Crippen molar-refractivity contribution in [2.24, 2.45) is 4.99 Å². The van der Waals surface area contributed by atoms with Gasteiger partial charge in [0.15, 0.2) is 5.17 Å². The average molecular weight is 539 g/mol. The Kier molecular flexibility index (Phi) is 7.54. The van der Waals surface area contributed by atoms with E-state index >= 15 is 0 Å². The molecule has 4 nitrogen and oxygen atoms in total. The number of halogens is 2. The van der Waals surface area contributed by atoms with Crippen molar-refractivity contribution in [2.75, 3.05) is 12.0 Å². The van der Waals surface area contributed by atoms with Gasteiger partial charge in [-0.15, -0.1) is 0 Å². The van der Waals surface area contributed by atoms with Crippen molar-refractivity contribution in [3.8, 4) is 5.75 Å². The maximum Gasteiger partial charge on any atom is 0.283 e. The zero-order valence-corrected chi connectivity index (χ0v) is 21.5. The minimum Gasteiger partial charge on any atom is -0.497 e. The van der Waals surface area contributed by atoms with Gasteiger partial charge in [0, 0.05) is 16.3 Å². The van der Waals surface area contributed by atoms with Crippen LogP contribution >= 0.6 is 27.7 Å². The fourth-order valence-electron chi connectivity index (χ4n) is 3.49. The van der Waals surface area contributed by atoms with E-state index in [1.807, 2.05) is 30.3 Å². The topological polar surface area (TPSA) is 41.9 Å². The summed E-state index contributed by atoms with van der Waals surface area (Å²) in [5.41, 5.74) is 3.64. The zero-order chi connectivity index (χ0) is 24.2. The second kappa shape index (κ2) is 10.6. The van der Waals surface area contributed by atoms with Crippen LogP contribution in [-0.2, 0) is 10.5 Å². The van der Waals surface area contributed by atoms with Crippen LogP contribution < -0.4 is 9.64 Å². The summed E-state index contributed by atoms with van der Waals surface area (Å²) >= 11 is 4.60. The Balaban J connectivity index is 1.67. The summed E-state index contributed by atoms with van der Waals surface area (Å²) in [5.74, 6) is 0.858. The molecule has 0 spiro atoms. The summed E-state index contributed by atoms with van der Waals surface area (Å²) in [6, 6.07) is 20.3. The summed E-state index contributed by atoms with van der Waals surface area (Å²) in [7, 11) is 1.58. The van der Waals surface area contributed by atoms with E-state index in [4.69, 9.17) is 4.74 Å². The van der Waals surface area contributed by atoms with Crippen LogP contribution in [0.15, 0.2) is 81.9 Å². The van der Waals surface area contributed by atoms with Crippen molar-refractivity contribution in [3.63, 3.8) is 0 Å². The second-order valence-electron chi connectivity index (χ2n) is 8.11. The molecule has 0 bridgehead atoms. The van der Waals surface area contributed by atoms with Crippen LogP contribution in [0.25, 0.3) is 6.08 Å². The van der Waals surface area contributed by atoms with E-state index < -0.39 is 0 Å². The van der Waals surface area contributed by atoms with Gasteiger partial charge in [-0.1, -0.05) is 77.9 Å². The first-order valence-electron chi connectivity index (χ1n) is 10.8. The van der Waals surface area contributed by atoms with Crippen LogP contribution in [0, 0.1) is 5.82 Å². The van der Waals surface area contributed by atoms with Gasteiger partial charge in [0.1, 0.15) is 17.3 Å². The number of amides is 1. The minimum atomic E-state index is -0.305. The van der Waals surface area contributed by atoms with Crippen molar-refractivity contribution in [1.82, 2.24) is 0 Å². The third kappa shape index (κ3) is 5.42. The fourth-order valence-corrected chi connectivity index (χ4v) is 4.82. The number of nitrogens with zero attached hydrogens (tertiary/aromatic N) is 2. The fraction of sp³-hybridized carbons (Fsp3) is 0.185. The standard InChI is InChI=1S/C27H24BrFN2O2S/c1-17(2)19-9-7-18(8-10-19)13-25-26(32)31(22-5-4-6-23(15-22)33-3)27(30-25)34-16-20-11-12-21(28)14-24(20)29/h4-15,17H,16H2,1-3H3/b25-13-. The van der Waals surface area contributed by atoms with Gasteiger partial charge >= 0.3 is 0 Å². The maximum absolute atomic E-state index is 14.4. The molecule has 7 heteroatoms. The highest BCUT2D eigenvalue weighted by Gasteiger charge is 2.32. The van der Waals surface area contributed by atoms with Crippen LogP contribution in [0.2, 0.25) is 0 Å². The Morgan fingerprint density at radius 2 is 1.88 bits per heavy atom. The Morgan fingerprint density at radius 3 is 2.56 bits per heavy atom. The van der Waals surface area contributed by atoms with Gasteiger partial charge in [0.25, 0.3) is 5.91 Å². The number of aliphatic imine (C=N–C) groups is 1. The van der Waals surface area contributed by atoms with Crippen molar-refractivity contribution >= 4 is 50.5 Å². The number of thioether (sulfide) groups is 1. The molecule has 1 aliphatic rings. The van der Waals surface area contributed by atoms with Crippen LogP contribution in [-0.4, -0.2) is 18.2 Å². The first kappa shape index (κ1) is 24.2. The quantitative estimate of drug-likeness (QED) is 0.307. The van der Waals surface area contributed by atoms with Crippen molar-refractivity contribution < 1.29 is 13.9 Å². The lowest BCUT2D eigenvalue weighted by Crippen LogP contribution is -2.30. The van der Waals surface area contributed by atoms with E-state index in [0.29, 0.717) is 44.0 Å². The molecule has 0 atom stereocenters. The monoisotopic (exact) mass is 538 g/mol. The molecular formula is C27H24BrFN2O2S. The number of benzene rings is 3. The number of methoxy groups -OCH3 is 1. The number of rotatable bonds is 6. The third-order valence-corrected chi connectivity index (χ3v) is 6.90. The lowest BCUT2D eigenvalue weighted by Gasteiger charge is -2.18. The summed E-state index contributed by atoms with van der Waals surface area (Å²) < 4.78 is 20.4. The first-order valence-corrected chi connectivity index (χ1v) is 12.6. The van der Waals surface area contributed by atoms with Gasteiger partial charge in [-0.05, 0) is 52.9 Å². The van der Waals surface area contributed by atoms with E-state index in [-0.39, 0.29) is 11.7 Å². The SMILES string of the molecule is COc1cccc(N2C(=O)/C(=C/c3ccc(C(C)C)cc3)N=C2SCc2ccc(Br)cc2F)c1. The molecule has 4 rings (SSSR count). The molecule has 0 aromatic heterocycles. The highest BCUT2D eigenvalue weighted by Crippen LogP contribution is 2.33. The van der Waals surface area contributed by atoms with Gasteiger partial charge in [0.2, 0.25) is 0 Å². The van der Waals surface area contributed by atoms with E-state index in [2.05, 4.69) is 46.9 Å². The van der Waals surface area contributed by atoms with Gasteiger partial charge < -0.3 is 4.74 Å². The normalized spacial score (nSPS) is 14.8. The summed E-state index contributed by atoms with van der Waals surface area (Å²) in [4.78, 5) is 19.6. The molecular weight excluding hydrogens is 515 g/mol. The molecule has 0 aliphatic carbocycles. The van der Waals surface area contributed by atoms with E-state index in [9.17, 15) is 9.18 Å². The third-order valence-electron chi connectivity index (χ3n) is 5.42. The molecule has 0 saturated heterocycles. The predicted octanol–water partition coefficient (Wildman–Crippen LogP) is 7.40. The molecule has 34 heavy (non-hydrogen) atoms. The van der Waals surface area contributed by atoms with Crippen LogP contribution in [0.1, 0.15) is 36.5 Å². The molecule has 3 aromatic rings. The second-order valence-corrected chi connectivity index (χ2v) is 9.97. The predicted molar refractivity (Wildman–Crippen MR) is 142 cm³/mol. The molecule has 0 N–H and O–H groups in total. The molecule has 0 unspecified atom stereocenters. The Labute approximate surface area is 211 Å². The largest absolute Gasteiger partial charge is 0.497 e. The molecule has 0 saturated carbocycles. The molecule has 0 fully saturated rings. The molecule has 0 radical (unpaired) electrons. The van der Waals surface area contributed by atoms with Gasteiger partial charge in [-0.2, -0.15) is 0 Å². The molecule has 1 heterocycles. The van der Waals surface area contributed by atoms with Gasteiger partial charge in [0.05, 0.1) is 12.8 Å². The summed E-state index contributed by atoms with van der Waals surface area (Å²) in [6.45, 7) is 4.28. The first-order chi connectivity index (χ1) is 16.4. The molecule has 1 amide bonds. The highest BCUT2D eigenvalue weighted by atomic mass is 79.9. The summed E-state index contributed by atoms with van der Waals surface area (Å²) in [5, 5.41) is 0.491. The van der Waals surface area contributed by atoms with Crippen LogP contribution in [0.4, 0.5) is 10.1 Å². The van der Waals surface area contributed by atoms with E-state index in [1.165, 1.54) is 23.4 Å². The number of hydrogen-bond acceptors (Lipinski definition) is 4. The lowest BCUT2D eigenvalue weighted by molar-refractivity contribution is -0.113. The number of amidine groups is 1. The average Bonchev–Trinajstić information content (AvgIpc) is 3.13.